The van der Waals surface area contributed by atoms with Crippen LogP contribution < -0.4 is 29.6 Å². The van der Waals surface area contributed by atoms with E-state index in [9.17, 15) is 0 Å². The second kappa shape index (κ2) is 6.26. The van der Waals surface area contributed by atoms with Crippen molar-refractivity contribution in [2.75, 3.05) is 0 Å². The molecule has 7 heteroatoms. The van der Waals surface area contributed by atoms with E-state index in [1.54, 1.807) is 12.1 Å². The molecular formula is C8H10BrClN5-. The van der Waals surface area contributed by atoms with Crippen molar-refractivity contribution < 1.29 is 12.4 Å². The molecule has 0 amide bonds. The van der Waals surface area contributed by atoms with E-state index in [1.165, 1.54) is 0 Å². The van der Waals surface area contributed by atoms with Crippen LogP contribution in [0.5, 0.6) is 0 Å². The number of benzene rings is 1. The summed E-state index contributed by atoms with van der Waals surface area (Å²) in [6.45, 7) is 0. The number of aliphatic imine (C=N–C) groups is 2. The highest BCUT2D eigenvalue weighted by Crippen LogP contribution is 2.16. The molecule has 0 aliphatic rings. The molecule has 0 spiro atoms. The lowest BCUT2D eigenvalue weighted by Crippen LogP contribution is -3.00. The van der Waals surface area contributed by atoms with E-state index >= 15 is 0 Å². The van der Waals surface area contributed by atoms with Crippen molar-refractivity contribution in [3.63, 3.8) is 0 Å². The fourth-order valence-corrected chi connectivity index (χ4v) is 1.07. The van der Waals surface area contributed by atoms with Crippen LogP contribution in [0.2, 0.25) is 0 Å². The molecule has 82 valence electrons. The monoisotopic (exact) mass is 290 g/mol. The third kappa shape index (κ3) is 5.24. The van der Waals surface area contributed by atoms with Crippen molar-refractivity contribution in [3.8, 4) is 0 Å². The first-order valence-electron chi connectivity index (χ1n) is 3.77. The highest BCUT2D eigenvalue weighted by Gasteiger charge is 1.92. The molecule has 1 rings (SSSR count). The van der Waals surface area contributed by atoms with Gasteiger partial charge in [-0.25, -0.2) is 4.99 Å². The Labute approximate surface area is 102 Å². The van der Waals surface area contributed by atoms with Gasteiger partial charge in [-0.1, -0.05) is 15.9 Å². The first kappa shape index (κ1) is 13.7. The molecule has 0 fully saturated rings. The molecule has 0 aliphatic heterocycles. The zero-order chi connectivity index (χ0) is 10.6. The molecule has 0 saturated heterocycles. The maximum absolute atomic E-state index is 5.44. The van der Waals surface area contributed by atoms with E-state index < -0.39 is 0 Å². The van der Waals surface area contributed by atoms with Crippen LogP contribution in [0, 0.1) is 0 Å². The van der Waals surface area contributed by atoms with Crippen LogP contribution in [-0.2, 0) is 0 Å². The number of nitrogens with two attached hydrogens (primary N) is 3. The molecule has 0 aliphatic carbocycles. The molecule has 0 radical (unpaired) electrons. The van der Waals surface area contributed by atoms with Gasteiger partial charge in [0, 0.05) is 4.47 Å². The summed E-state index contributed by atoms with van der Waals surface area (Å²) in [5.74, 6) is -0.0734. The van der Waals surface area contributed by atoms with E-state index in [0.717, 1.165) is 4.47 Å². The minimum absolute atomic E-state index is 0. The van der Waals surface area contributed by atoms with Crippen LogP contribution in [0.1, 0.15) is 0 Å². The van der Waals surface area contributed by atoms with E-state index in [0.29, 0.717) is 5.69 Å². The van der Waals surface area contributed by atoms with Gasteiger partial charge in [-0.05, 0) is 24.3 Å². The minimum atomic E-state index is -0.108. The quantitative estimate of drug-likeness (QED) is 0.399. The topological polar surface area (TPSA) is 103 Å². The highest BCUT2D eigenvalue weighted by atomic mass is 79.9. The Kier molecular flexibility index (Phi) is 5.73. The van der Waals surface area contributed by atoms with Crippen LogP contribution >= 0.6 is 15.9 Å². The summed E-state index contributed by atoms with van der Waals surface area (Å²) in [5.41, 5.74) is 16.4. The summed E-state index contributed by atoms with van der Waals surface area (Å²) in [6, 6.07) is 7.28. The summed E-state index contributed by atoms with van der Waals surface area (Å²) >= 11 is 3.30. The van der Waals surface area contributed by atoms with Crippen molar-refractivity contribution >= 4 is 33.5 Å². The predicted molar refractivity (Wildman–Crippen MR) is 61.2 cm³/mol. The van der Waals surface area contributed by atoms with Gasteiger partial charge in [0.15, 0.2) is 5.96 Å². The normalized spacial score (nSPS) is 10.3. The van der Waals surface area contributed by atoms with Gasteiger partial charge in [-0.15, -0.1) is 0 Å². The Bertz CT molecular complexity index is 369. The Morgan fingerprint density at radius 2 is 1.60 bits per heavy atom. The SMILES string of the molecule is NC(N)=NC(N)=Nc1ccc(Br)cc1.[Cl-]. The van der Waals surface area contributed by atoms with Gasteiger partial charge in [-0.2, -0.15) is 4.99 Å². The fourth-order valence-electron chi connectivity index (χ4n) is 0.805. The molecule has 15 heavy (non-hydrogen) atoms. The number of halogens is 2. The number of hydrogen-bond donors (Lipinski definition) is 3. The average Bonchev–Trinajstić information content (AvgIpc) is 2.07. The minimum Gasteiger partial charge on any atom is -1.00 e. The Morgan fingerprint density at radius 3 is 2.07 bits per heavy atom. The first-order chi connectivity index (χ1) is 6.58. The Hall–Kier alpha value is -1.27. The lowest BCUT2D eigenvalue weighted by atomic mass is 10.3. The van der Waals surface area contributed by atoms with Gasteiger partial charge in [0.05, 0.1) is 5.69 Å². The van der Waals surface area contributed by atoms with Crippen molar-refractivity contribution in [2.45, 2.75) is 0 Å². The molecule has 0 unspecified atom stereocenters. The standard InChI is InChI=1S/C8H10BrN5.ClH/c9-5-1-3-6(4-2-5)13-8(12)14-7(10)11;/h1-4H,(H6,10,11,12,13,14);1H/p-1. The maximum atomic E-state index is 5.44. The zero-order valence-corrected chi connectivity index (χ0v) is 10.0. The third-order valence-electron chi connectivity index (χ3n) is 1.31. The zero-order valence-electron chi connectivity index (χ0n) is 7.69. The third-order valence-corrected chi connectivity index (χ3v) is 1.84. The molecule has 0 atom stereocenters. The molecule has 1 aromatic carbocycles. The summed E-state index contributed by atoms with van der Waals surface area (Å²) in [7, 11) is 0. The predicted octanol–water partition coefficient (Wildman–Crippen LogP) is -2.33. The van der Waals surface area contributed by atoms with Gasteiger partial charge in [0.2, 0.25) is 5.96 Å². The van der Waals surface area contributed by atoms with Gasteiger partial charge in [0.1, 0.15) is 0 Å². The molecule has 0 heterocycles. The van der Waals surface area contributed by atoms with Gasteiger partial charge < -0.3 is 29.6 Å². The molecule has 5 nitrogen and oxygen atoms in total. The summed E-state index contributed by atoms with van der Waals surface area (Å²) in [5, 5.41) is 0. The highest BCUT2D eigenvalue weighted by molar-refractivity contribution is 9.10. The maximum Gasteiger partial charge on any atom is 0.223 e. The molecule has 0 bridgehead atoms. The van der Waals surface area contributed by atoms with Gasteiger partial charge in [0.25, 0.3) is 0 Å². The summed E-state index contributed by atoms with van der Waals surface area (Å²) in [6.07, 6.45) is 0. The molecule has 6 N–H and O–H groups in total. The number of nitrogens with zero attached hydrogens (tertiary/aromatic N) is 2. The number of hydrogen-bond acceptors (Lipinski definition) is 1. The summed E-state index contributed by atoms with van der Waals surface area (Å²) in [4.78, 5) is 7.55. The van der Waals surface area contributed by atoms with Crippen molar-refractivity contribution in [3.05, 3.63) is 28.7 Å². The van der Waals surface area contributed by atoms with Gasteiger partial charge in [-0.3, -0.25) is 0 Å². The second-order valence-corrected chi connectivity index (χ2v) is 3.40. The van der Waals surface area contributed by atoms with Crippen LogP contribution in [0.25, 0.3) is 0 Å². The van der Waals surface area contributed by atoms with E-state index in [1.807, 2.05) is 12.1 Å². The van der Waals surface area contributed by atoms with Crippen LogP contribution in [0.3, 0.4) is 0 Å². The van der Waals surface area contributed by atoms with E-state index in [2.05, 4.69) is 25.9 Å². The molecular weight excluding hydrogens is 281 g/mol. The largest absolute Gasteiger partial charge is 1.00 e. The van der Waals surface area contributed by atoms with Crippen molar-refractivity contribution in [1.29, 1.82) is 0 Å². The smallest absolute Gasteiger partial charge is 0.223 e. The van der Waals surface area contributed by atoms with Crippen LogP contribution in [-0.4, -0.2) is 11.9 Å². The van der Waals surface area contributed by atoms with Gasteiger partial charge >= 0.3 is 0 Å². The second-order valence-electron chi connectivity index (χ2n) is 2.48. The van der Waals surface area contributed by atoms with Crippen LogP contribution in [0.15, 0.2) is 38.7 Å². The summed E-state index contributed by atoms with van der Waals surface area (Å²) < 4.78 is 0.969. The molecule has 0 saturated carbocycles. The number of rotatable bonds is 1. The lowest BCUT2D eigenvalue weighted by Gasteiger charge is -1.95. The lowest BCUT2D eigenvalue weighted by molar-refractivity contribution is -0.00000333. The Balaban J connectivity index is 0.00000196. The van der Waals surface area contributed by atoms with Crippen molar-refractivity contribution in [2.24, 2.45) is 27.2 Å². The van der Waals surface area contributed by atoms with E-state index in [-0.39, 0.29) is 24.3 Å². The van der Waals surface area contributed by atoms with Crippen molar-refractivity contribution in [1.82, 2.24) is 0 Å². The number of guanidine groups is 2. The average molecular weight is 292 g/mol. The Morgan fingerprint density at radius 1 is 1.07 bits per heavy atom. The first-order valence-corrected chi connectivity index (χ1v) is 4.56. The van der Waals surface area contributed by atoms with Crippen LogP contribution in [0.4, 0.5) is 5.69 Å². The molecule has 0 aromatic heterocycles. The fraction of sp³-hybridized carbons (Fsp3) is 0. The van der Waals surface area contributed by atoms with E-state index in [4.69, 9.17) is 17.2 Å². The molecule has 1 aromatic rings.